The van der Waals surface area contributed by atoms with Crippen LogP contribution in [0.3, 0.4) is 0 Å². The number of carbonyl (C=O) groups excluding carboxylic acids is 2. The monoisotopic (exact) mass is 677 g/mol. The summed E-state index contributed by atoms with van der Waals surface area (Å²) in [5, 5.41) is 3.01. The van der Waals surface area contributed by atoms with Gasteiger partial charge in [0.2, 0.25) is 21.8 Å². The van der Waals surface area contributed by atoms with Crippen molar-refractivity contribution in [3.05, 3.63) is 98.9 Å². The summed E-state index contributed by atoms with van der Waals surface area (Å²) in [4.78, 5) is 29.2. The maximum Gasteiger partial charge on any atom is 0.244 e. The van der Waals surface area contributed by atoms with Gasteiger partial charge in [-0.1, -0.05) is 74.3 Å². The van der Waals surface area contributed by atoms with Gasteiger partial charge >= 0.3 is 0 Å². The van der Waals surface area contributed by atoms with Crippen molar-refractivity contribution in [3.63, 3.8) is 0 Å². The molecule has 0 heterocycles. The third-order valence-electron chi connectivity index (χ3n) is 5.83. The number of halogens is 2. The van der Waals surface area contributed by atoms with Crippen LogP contribution in [0.25, 0.3) is 0 Å². The van der Waals surface area contributed by atoms with Crippen LogP contribution in [0, 0.1) is 0 Å². The highest BCUT2D eigenvalue weighted by molar-refractivity contribution is 9.10. The highest BCUT2D eigenvalue weighted by Crippen LogP contribution is 2.23. The lowest BCUT2D eigenvalue weighted by Gasteiger charge is -2.35. The van der Waals surface area contributed by atoms with E-state index in [9.17, 15) is 18.0 Å². The number of sulfonamides is 1. The molecule has 1 N–H and O–H groups in total. The van der Waals surface area contributed by atoms with Crippen molar-refractivity contribution in [2.75, 3.05) is 17.1 Å². The van der Waals surface area contributed by atoms with Gasteiger partial charge in [0.15, 0.2) is 0 Å². The minimum absolute atomic E-state index is 0.124. The van der Waals surface area contributed by atoms with Crippen molar-refractivity contribution in [2.24, 2.45) is 0 Å². The van der Waals surface area contributed by atoms with E-state index in [1.165, 1.54) is 4.90 Å². The first-order valence-electron chi connectivity index (χ1n) is 12.4. The van der Waals surface area contributed by atoms with E-state index in [2.05, 4.69) is 37.2 Å². The van der Waals surface area contributed by atoms with E-state index in [4.69, 9.17) is 0 Å². The average Bonchev–Trinajstić information content (AvgIpc) is 2.85. The topological polar surface area (TPSA) is 86.8 Å². The third kappa shape index (κ3) is 9.47. The van der Waals surface area contributed by atoms with Crippen LogP contribution in [0.15, 0.2) is 87.8 Å². The lowest BCUT2D eigenvalue weighted by Crippen LogP contribution is -2.56. The summed E-state index contributed by atoms with van der Waals surface area (Å²) in [6, 6.07) is 22.7. The van der Waals surface area contributed by atoms with Crippen LogP contribution in [0.1, 0.15) is 31.9 Å². The molecule has 1 unspecified atom stereocenters. The predicted molar refractivity (Wildman–Crippen MR) is 163 cm³/mol. The van der Waals surface area contributed by atoms with Crippen molar-refractivity contribution < 1.29 is 18.0 Å². The molecule has 3 aromatic carbocycles. The highest BCUT2D eigenvalue weighted by atomic mass is 79.9. The van der Waals surface area contributed by atoms with Crippen LogP contribution in [0.5, 0.6) is 0 Å². The van der Waals surface area contributed by atoms with Crippen LogP contribution in [-0.4, -0.2) is 49.5 Å². The number of hydrogen-bond acceptors (Lipinski definition) is 4. The van der Waals surface area contributed by atoms with Crippen molar-refractivity contribution in [1.82, 2.24) is 10.2 Å². The fraction of sp³-hybridized carbons (Fsp3) is 0.310. The van der Waals surface area contributed by atoms with E-state index in [1.54, 1.807) is 24.3 Å². The number of hydrogen-bond donors (Lipinski definition) is 1. The molecule has 208 valence electrons. The molecule has 0 bridgehead atoms. The van der Waals surface area contributed by atoms with Gasteiger partial charge in [0.1, 0.15) is 12.6 Å². The molecule has 0 saturated heterocycles. The Balaban J connectivity index is 2.06. The first kappa shape index (κ1) is 30.8. The maximum atomic E-state index is 14.0. The molecule has 2 amide bonds. The van der Waals surface area contributed by atoms with E-state index >= 15 is 0 Å². The molecule has 0 aromatic heterocycles. The largest absolute Gasteiger partial charge is 0.350 e. The first-order chi connectivity index (χ1) is 18.2. The summed E-state index contributed by atoms with van der Waals surface area (Å²) in [6.45, 7) is 5.31. The molecule has 7 nitrogen and oxygen atoms in total. The lowest BCUT2D eigenvalue weighted by atomic mass is 10.0. The van der Waals surface area contributed by atoms with E-state index in [1.807, 2.05) is 75.4 Å². The van der Waals surface area contributed by atoms with Crippen molar-refractivity contribution in [1.29, 1.82) is 0 Å². The summed E-state index contributed by atoms with van der Waals surface area (Å²) in [5.74, 6) is -0.803. The smallest absolute Gasteiger partial charge is 0.244 e. The van der Waals surface area contributed by atoms with Crippen LogP contribution >= 0.6 is 31.9 Å². The van der Waals surface area contributed by atoms with Crippen molar-refractivity contribution in [3.8, 4) is 0 Å². The second-order valence-electron chi connectivity index (χ2n) is 10.3. The van der Waals surface area contributed by atoms with Gasteiger partial charge in [-0.3, -0.25) is 13.9 Å². The van der Waals surface area contributed by atoms with Crippen LogP contribution in [0.2, 0.25) is 0 Å². The Morgan fingerprint density at radius 3 is 1.90 bits per heavy atom. The molecule has 10 heteroatoms. The Bertz CT molecular complexity index is 1370. The summed E-state index contributed by atoms with van der Waals surface area (Å²) < 4.78 is 28.4. The normalized spacial score (nSPS) is 12.5. The molecule has 39 heavy (non-hydrogen) atoms. The molecule has 3 rings (SSSR count). The van der Waals surface area contributed by atoms with Gasteiger partial charge in [-0.15, -0.1) is 0 Å². The Kier molecular flexibility index (Phi) is 10.4. The molecular formula is C29H33Br2N3O4S. The second kappa shape index (κ2) is 13.1. The minimum Gasteiger partial charge on any atom is -0.350 e. The van der Waals surface area contributed by atoms with E-state index in [0.29, 0.717) is 5.69 Å². The molecule has 3 aromatic rings. The average molecular weight is 679 g/mol. The lowest BCUT2D eigenvalue weighted by molar-refractivity contribution is -0.140. The van der Waals surface area contributed by atoms with Gasteiger partial charge in [0, 0.05) is 27.4 Å². The van der Waals surface area contributed by atoms with E-state index in [0.717, 1.165) is 30.6 Å². The zero-order valence-electron chi connectivity index (χ0n) is 22.4. The Labute approximate surface area is 247 Å². The number of nitrogens with zero attached hydrogens (tertiary/aromatic N) is 2. The summed E-state index contributed by atoms with van der Waals surface area (Å²) in [5.41, 5.74) is 1.52. The number of rotatable bonds is 10. The van der Waals surface area contributed by atoms with Crippen LogP contribution in [-0.2, 0) is 32.6 Å². The Morgan fingerprint density at radius 1 is 0.846 bits per heavy atom. The van der Waals surface area contributed by atoms with Crippen molar-refractivity contribution >= 4 is 59.4 Å². The molecule has 0 saturated carbocycles. The fourth-order valence-electron chi connectivity index (χ4n) is 4.01. The molecule has 0 radical (unpaired) electrons. The quantitative estimate of drug-likeness (QED) is 0.306. The first-order valence-corrected chi connectivity index (χ1v) is 15.8. The predicted octanol–water partition coefficient (Wildman–Crippen LogP) is 5.53. The van der Waals surface area contributed by atoms with Gasteiger partial charge < -0.3 is 10.2 Å². The third-order valence-corrected chi connectivity index (χ3v) is 8.03. The second-order valence-corrected chi connectivity index (χ2v) is 14.1. The van der Waals surface area contributed by atoms with Gasteiger partial charge in [-0.25, -0.2) is 8.42 Å². The van der Waals surface area contributed by atoms with Crippen LogP contribution < -0.4 is 9.62 Å². The Hall–Kier alpha value is -2.69. The summed E-state index contributed by atoms with van der Waals surface area (Å²) >= 11 is 6.79. The molecule has 0 aliphatic heterocycles. The van der Waals surface area contributed by atoms with Crippen molar-refractivity contribution in [2.45, 2.75) is 45.3 Å². The molecule has 0 spiro atoms. The summed E-state index contributed by atoms with van der Waals surface area (Å²) in [6.07, 6.45) is 1.33. The zero-order chi connectivity index (χ0) is 28.8. The van der Waals surface area contributed by atoms with Gasteiger partial charge in [-0.05, 0) is 68.3 Å². The highest BCUT2D eigenvalue weighted by Gasteiger charge is 2.34. The van der Waals surface area contributed by atoms with E-state index in [-0.39, 0.29) is 18.9 Å². The van der Waals surface area contributed by atoms with Gasteiger partial charge in [0.05, 0.1) is 11.9 Å². The molecule has 1 atom stereocenters. The molecule has 0 aliphatic carbocycles. The van der Waals surface area contributed by atoms with Crippen LogP contribution in [0.4, 0.5) is 5.69 Å². The number of anilines is 1. The number of carbonyl (C=O) groups is 2. The minimum atomic E-state index is -3.81. The van der Waals surface area contributed by atoms with E-state index < -0.39 is 34.1 Å². The number of benzene rings is 3. The molecular weight excluding hydrogens is 646 g/mol. The summed E-state index contributed by atoms with van der Waals surface area (Å²) in [7, 11) is -3.81. The molecule has 0 fully saturated rings. The van der Waals surface area contributed by atoms with Gasteiger partial charge in [0.25, 0.3) is 0 Å². The molecule has 0 aliphatic rings. The number of amides is 2. The SMILES string of the molecule is CC(C)(C)NC(=O)C(Cc1ccccc1)N(Cc1ccc(Br)cc1)C(=O)CN(c1ccc(Br)cc1)S(C)(=O)=O. The fourth-order valence-corrected chi connectivity index (χ4v) is 5.39. The Morgan fingerprint density at radius 2 is 1.38 bits per heavy atom. The maximum absolute atomic E-state index is 14.0. The number of nitrogens with one attached hydrogen (secondary N) is 1. The standard InChI is InChI=1S/C29H33Br2N3O4S/c1-29(2,3)32-28(36)26(18-21-8-6-5-7-9-21)33(19-22-10-12-23(30)13-11-22)27(35)20-34(39(4,37)38)25-16-14-24(31)15-17-25/h5-17,26H,18-20H2,1-4H3,(H,32,36). The van der Waals surface area contributed by atoms with Gasteiger partial charge in [-0.2, -0.15) is 0 Å². The zero-order valence-corrected chi connectivity index (χ0v) is 26.4.